The first-order valence-electron chi connectivity index (χ1n) is 6.95. The van der Waals surface area contributed by atoms with Gasteiger partial charge in [-0.2, -0.15) is 5.10 Å². The molecule has 3 nitrogen and oxygen atoms in total. The molecule has 0 unspecified atom stereocenters. The molecule has 0 atom stereocenters. The predicted molar refractivity (Wildman–Crippen MR) is 92.4 cm³/mol. The third-order valence-corrected chi connectivity index (χ3v) is 3.46. The van der Waals surface area contributed by atoms with Crippen molar-refractivity contribution in [1.29, 1.82) is 0 Å². The molecule has 2 rings (SSSR count). The summed E-state index contributed by atoms with van der Waals surface area (Å²) in [6, 6.07) is 14.3. The van der Waals surface area contributed by atoms with E-state index in [1.54, 1.807) is 12.1 Å². The number of rotatable bonds is 4. The standard InChI is InChI=1S/C17H18FN3S/c1-12-5-3-4-6-16(12)13(2)20-21-17(22)19-11-14-7-9-15(18)10-8-14/h3-10H,11H2,1-2H3,(H2,19,21,22)/b20-13-. The van der Waals surface area contributed by atoms with Crippen LogP contribution in [0.5, 0.6) is 0 Å². The maximum Gasteiger partial charge on any atom is 0.187 e. The number of nitrogens with zero attached hydrogens (tertiary/aromatic N) is 1. The quantitative estimate of drug-likeness (QED) is 0.515. The lowest BCUT2D eigenvalue weighted by Gasteiger charge is -2.09. The second-order valence-corrected chi connectivity index (χ2v) is 5.34. The molecule has 5 heteroatoms. The molecule has 0 bridgehead atoms. The molecule has 0 aliphatic carbocycles. The van der Waals surface area contributed by atoms with E-state index in [9.17, 15) is 4.39 Å². The second-order valence-electron chi connectivity index (χ2n) is 4.93. The minimum absolute atomic E-state index is 0.247. The molecule has 0 heterocycles. The molecular weight excluding hydrogens is 297 g/mol. The van der Waals surface area contributed by atoms with E-state index < -0.39 is 0 Å². The Hall–Kier alpha value is -2.27. The van der Waals surface area contributed by atoms with Gasteiger partial charge in [-0.25, -0.2) is 4.39 Å². The predicted octanol–water partition coefficient (Wildman–Crippen LogP) is 3.52. The van der Waals surface area contributed by atoms with Crippen LogP contribution >= 0.6 is 12.2 Å². The van der Waals surface area contributed by atoms with Gasteiger partial charge in [0, 0.05) is 12.1 Å². The van der Waals surface area contributed by atoms with Crippen molar-refractivity contribution in [1.82, 2.24) is 10.7 Å². The van der Waals surface area contributed by atoms with Crippen molar-refractivity contribution >= 4 is 23.0 Å². The van der Waals surface area contributed by atoms with Crippen molar-refractivity contribution in [2.24, 2.45) is 5.10 Å². The summed E-state index contributed by atoms with van der Waals surface area (Å²) in [4.78, 5) is 0. The molecule has 0 aromatic heterocycles. The summed E-state index contributed by atoms with van der Waals surface area (Å²) in [5, 5.41) is 7.74. The number of nitrogens with one attached hydrogen (secondary N) is 2. The first-order valence-corrected chi connectivity index (χ1v) is 7.35. The highest BCUT2D eigenvalue weighted by atomic mass is 32.1. The van der Waals surface area contributed by atoms with Crippen LogP contribution in [0.4, 0.5) is 4.39 Å². The highest BCUT2D eigenvalue weighted by molar-refractivity contribution is 7.80. The Balaban J connectivity index is 1.88. The van der Waals surface area contributed by atoms with Crippen LogP contribution in [0.1, 0.15) is 23.6 Å². The Labute approximate surface area is 135 Å². The lowest BCUT2D eigenvalue weighted by atomic mass is 10.1. The zero-order valence-electron chi connectivity index (χ0n) is 12.6. The van der Waals surface area contributed by atoms with E-state index in [-0.39, 0.29) is 5.82 Å². The molecule has 0 fully saturated rings. The van der Waals surface area contributed by atoms with Crippen molar-refractivity contribution in [2.75, 3.05) is 0 Å². The van der Waals surface area contributed by atoms with Gasteiger partial charge in [0.25, 0.3) is 0 Å². The van der Waals surface area contributed by atoms with Crippen LogP contribution in [0.15, 0.2) is 53.6 Å². The van der Waals surface area contributed by atoms with Gasteiger partial charge in [0.1, 0.15) is 5.82 Å². The molecule has 0 aliphatic heterocycles. The van der Waals surface area contributed by atoms with E-state index in [4.69, 9.17) is 12.2 Å². The molecular formula is C17H18FN3S. The summed E-state index contributed by atoms with van der Waals surface area (Å²) in [6.45, 7) is 4.49. The maximum atomic E-state index is 12.8. The van der Waals surface area contributed by atoms with Crippen molar-refractivity contribution in [3.63, 3.8) is 0 Å². The monoisotopic (exact) mass is 315 g/mol. The van der Waals surface area contributed by atoms with Gasteiger partial charge in [-0.15, -0.1) is 0 Å². The molecule has 0 amide bonds. The average Bonchev–Trinajstić information content (AvgIpc) is 2.52. The number of benzene rings is 2. The maximum absolute atomic E-state index is 12.8. The largest absolute Gasteiger partial charge is 0.357 e. The first kappa shape index (κ1) is 16.1. The minimum Gasteiger partial charge on any atom is -0.357 e. The summed E-state index contributed by atoms with van der Waals surface area (Å²) < 4.78 is 12.8. The Morgan fingerprint density at radius 1 is 1.14 bits per heavy atom. The molecule has 22 heavy (non-hydrogen) atoms. The zero-order chi connectivity index (χ0) is 15.9. The van der Waals surface area contributed by atoms with Crippen LogP contribution in [0.25, 0.3) is 0 Å². The fourth-order valence-electron chi connectivity index (χ4n) is 2.00. The van der Waals surface area contributed by atoms with E-state index in [0.717, 1.165) is 22.4 Å². The second kappa shape index (κ2) is 7.66. The highest BCUT2D eigenvalue weighted by Crippen LogP contribution is 2.07. The van der Waals surface area contributed by atoms with E-state index in [0.29, 0.717) is 11.7 Å². The number of hydrazone groups is 1. The number of hydrogen-bond donors (Lipinski definition) is 2. The van der Waals surface area contributed by atoms with E-state index >= 15 is 0 Å². The van der Waals surface area contributed by atoms with E-state index in [2.05, 4.69) is 15.8 Å². The third-order valence-electron chi connectivity index (χ3n) is 3.23. The topological polar surface area (TPSA) is 36.4 Å². The molecule has 0 saturated heterocycles. The lowest BCUT2D eigenvalue weighted by molar-refractivity contribution is 0.626. The number of thiocarbonyl (C=S) groups is 1. The van der Waals surface area contributed by atoms with E-state index in [1.807, 2.05) is 38.1 Å². The number of halogens is 1. The van der Waals surface area contributed by atoms with E-state index in [1.165, 1.54) is 12.1 Å². The molecule has 0 radical (unpaired) electrons. The number of aryl methyl sites for hydroxylation is 1. The van der Waals surface area contributed by atoms with Gasteiger partial charge in [0.15, 0.2) is 5.11 Å². The van der Waals surface area contributed by atoms with Gasteiger partial charge in [0.05, 0.1) is 5.71 Å². The van der Waals surface area contributed by atoms with Crippen LogP contribution < -0.4 is 10.7 Å². The fourth-order valence-corrected chi connectivity index (χ4v) is 2.12. The Morgan fingerprint density at radius 3 is 2.50 bits per heavy atom. The SMILES string of the molecule is C/C(=N/NC(=S)NCc1ccc(F)cc1)c1ccccc1C. The Morgan fingerprint density at radius 2 is 1.82 bits per heavy atom. The Kier molecular flexibility index (Phi) is 5.61. The summed E-state index contributed by atoms with van der Waals surface area (Å²) in [6.07, 6.45) is 0. The smallest absolute Gasteiger partial charge is 0.187 e. The summed E-state index contributed by atoms with van der Waals surface area (Å²) in [7, 11) is 0. The van der Waals surface area contributed by atoms with Crippen molar-refractivity contribution in [3.8, 4) is 0 Å². The summed E-state index contributed by atoms with van der Waals surface area (Å²) in [5.74, 6) is -0.247. The normalized spacial score (nSPS) is 11.1. The van der Waals surface area contributed by atoms with Gasteiger partial charge >= 0.3 is 0 Å². The van der Waals surface area contributed by atoms with Crippen LogP contribution in [0.3, 0.4) is 0 Å². The van der Waals surface area contributed by atoms with Crippen molar-refractivity contribution in [3.05, 3.63) is 71.0 Å². The molecule has 2 aromatic carbocycles. The Bertz CT molecular complexity index is 681. The van der Waals surface area contributed by atoms with Gasteiger partial charge in [-0.3, -0.25) is 5.43 Å². The van der Waals surface area contributed by atoms with Crippen LogP contribution in [-0.2, 0) is 6.54 Å². The average molecular weight is 315 g/mol. The van der Waals surface area contributed by atoms with Gasteiger partial charge in [-0.1, -0.05) is 36.4 Å². The fraction of sp³-hybridized carbons (Fsp3) is 0.176. The van der Waals surface area contributed by atoms with Crippen molar-refractivity contribution in [2.45, 2.75) is 20.4 Å². The summed E-state index contributed by atoms with van der Waals surface area (Å²) >= 11 is 5.18. The molecule has 2 aromatic rings. The zero-order valence-corrected chi connectivity index (χ0v) is 13.4. The minimum atomic E-state index is -0.247. The molecule has 0 aliphatic rings. The molecule has 114 valence electrons. The van der Waals surface area contributed by atoms with Crippen LogP contribution in [-0.4, -0.2) is 10.8 Å². The lowest BCUT2D eigenvalue weighted by Crippen LogP contribution is -2.32. The van der Waals surface area contributed by atoms with Crippen molar-refractivity contribution < 1.29 is 4.39 Å². The van der Waals surface area contributed by atoms with Gasteiger partial charge in [-0.05, 0) is 49.3 Å². The molecule has 0 saturated carbocycles. The first-order chi connectivity index (χ1) is 10.6. The van der Waals surface area contributed by atoms with Crippen LogP contribution in [0, 0.1) is 12.7 Å². The summed E-state index contributed by atoms with van der Waals surface area (Å²) in [5.41, 5.74) is 6.88. The third kappa shape index (κ3) is 4.63. The number of hydrogen-bond acceptors (Lipinski definition) is 2. The van der Waals surface area contributed by atoms with Crippen LogP contribution in [0.2, 0.25) is 0 Å². The van der Waals surface area contributed by atoms with Gasteiger partial charge < -0.3 is 5.32 Å². The molecule has 2 N–H and O–H groups in total. The van der Waals surface area contributed by atoms with Gasteiger partial charge in [0.2, 0.25) is 0 Å². The highest BCUT2D eigenvalue weighted by Gasteiger charge is 2.01. The molecule has 0 spiro atoms.